The summed E-state index contributed by atoms with van der Waals surface area (Å²) < 4.78 is 10.8. The third-order valence-electron chi connectivity index (χ3n) is 4.13. The van der Waals surface area contributed by atoms with Gasteiger partial charge < -0.3 is 19.7 Å². The van der Waals surface area contributed by atoms with Gasteiger partial charge in [-0.3, -0.25) is 0 Å². The summed E-state index contributed by atoms with van der Waals surface area (Å²) in [6, 6.07) is 6.18. The van der Waals surface area contributed by atoms with Crippen LogP contribution in [0.1, 0.15) is 19.3 Å². The van der Waals surface area contributed by atoms with Crippen molar-refractivity contribution < 1.29 is 9.47 Å². The molecule has 0 aliphatic carbocycles. The van der Waals surface area contributed by atoms with Crippen LogP contribution in [0.25, 0.3) is 0 Å². The molecular weight excluding hydrogens is 240 g/mol. The molecule has 4 nitrogen and oxygen atoms in total. The van der Waals surface area contributed by atoms with Crippen molar-refractivity contribution in [1.82, 2.24) is 5.32 Å². The number of nitrogens with zero attached hydrogens (tertiary/aromatic N) is 1. The standard InChI is InChI=1S/C15H22N2O2/c1-17(9-6-12-4-7-16-8-5-12)13-2-3-14-15(10-13)19-11-18-14/h2-3,10,12,16H,4-9,11H2,1H3. The maximum atomic E-state index is 5.43. The molecule has 104 valence electrons. The first-order valence-electron chi connectivity index (χ1n) is 7.14. The van der Waals surface area contributed by atoms with E-state index in [-0.39, 0.29) is 0 Å². The van der Waals surface area contributed by atoms with Crippen molar-refractivity contribution in [2.24, 2.45) is 5.92 Å². The molecule has 1 saturated heterocycles. The van der Waals surface area contributed by atoms with Crippen molar-refractivity contribution >= 4 is 5.69 Å². The van der Waals surface area contributed by atoms with Gasteiger partial charge >= 0.3 is 0 Å². The van der Waals surface area contributed by atoms with Crippen LogP contribution in [0.4, 0.5) is 5.69 Å². The summed E-state index contributed by atoms with van der Waals surface area (Å²) in [6.07, 6.45) is 3.90. The molecule has 0 aromatic heterocycles. The Morgan fingerprint density at radius 3 is 2.84 bits per heavy atom. The minimum absolute atomic E-state index is 0.345. The van der Waals surface area contributed by atoms with Gasteiger partial charge in [0.25, 0.3) is 0 Å². The highest BCUT2D eigenvalue weighted by Gasteiger charge is 2.16. The Morgan fingerprint density at radius 2 is 2.00 bits per heavy atom. The second kappa shape index (κ2) is 5.70. The lowest BCUT2D eigenvalue weighted by atomic mass is 9.94. The maximum Gasteiger partial charge on any atom is 0.231 e. The molecule has 4 heteroatoms. The summed E-state index contributed by atoms with van der Waals surface area (Å²) in [5.41, 5.74) is 1.21. The van der Waals surface area contributed by atoms with Crippen LogP contribution in [0.2, 0.25) is 0 Å². The van der Waals surface area contributed by atoms with Crippen molar-refractivity contribution in [2.75, 3.05) is 38.4 Å². The number of piperidine rings is 1. The smallest absolute Gasteiger partial charge is 0.231 e. The number of hydrogen-bond acceptors (Lipinski definition) is 4. The highest BCUT2D eigenvalue weighted by atomic mass is 16.7. The van der Waals surface area contributed by atoms with Gasteiger partial charge in [0, 0.05) is 25.3 Å². The number of hydrogen-bond donors (Lipinski definition) is 1. The SMILES string of the molecule is CN(CCC1CCNCC1)c1ccc2c(c1)OCO2. The quantitative estimate of drug-likeness (QED) is 0.902. The van der Waals surface area contributed by atoms with Gasteiger partial charge in [-0.2, -0.15) is 0 Å². The summed E-state index contributed by atoms with van der Waals surface area (Å²) in [7, 11) is 2.15. The Bertz CT molecular complexity index is 430. The highest BCUT2D eigenvalue weighted by molar-refractivity contribution is 5.56. The third kappa shape index (κ3) is 2.95. The van der Waals surface area contributed by atoms with Gasteiger partial charge in [0.2, 0.25) is 6.79 Å². The Hall–Kier alpha value is -1.42. The molecule has 0 bridgehead atoms. The van der Waals surface area contributed by atoms with Crippen molar-refractivity contribution in [3.8, 4) is 11.5 Å². The van der Waals surface area contributed by atoms with E-state index in [0.29, 0.717) is 6.79 Å². The molecule has 19 heavy (non-hydrogen) atoms. The lowest BCUT2D eigenvalue weighted by molar-refractivity contribution is 0.174. The zero-order chi connectivity index (χ0) is 13.1. The molecular formula is C15H22N2O2. The third-order valence-corrected chi connectivity index (χ3v) is 4.13. The topological polar surface area (TPSA) is 33.7 Å². The molecule has 0 radical (unpaired) electrons. The normalized spacial score (nSPS) is 18.6. The molecule has 2 heterocycles. The average Bonchev–Trinajstić information content (AvgIpc) is 2.93. The molecule has 1 aromatic carbocycles. The monoisotopic (exact) mass is 262 g/mol. The van der Waals surface area contributed by atoms with Gasteiger partial charge in [-0.25, -0.2) is 0 Å². The molecule has 0 atom stereocenters. The highest BCUT2D eigenvalue weighted by Crippen LogP contribution is 2.35. The number of fused-ring (bicyclic) bond motifs is 1. The molecule has 0 amide bonds. The Morgan fingerprint density at radius 1 is 1.21 bits per heavy atom. The van der Waals surface area contributed by atoms with E-state index in [9.17, 15) is 0 Å². The fourth-order valence-corrected chi connectivity index (χ4v) is 2.80. The van der Waals surface area contributed by atoms with E-state index < -0.39 is 0 Å². The Labute approximate surface area is 114 Å². The molecule has 2 aliphatic rings. The van der Waals surface area contributed by atoms with Crippen molar-refractivity contribution in [1.29, 1.82) is 0 Å². The number of rotatable bonds is 4. The van der Waals surface area contributed by atoms with Crippen LogP contribution in [0.3, 0.4) is 0 Å². The lowest BCUT2D eigenvalue weighted by Gasteiger charge is -2.26. The molecule has 0 unspecified atom stereocenters. The zero-order valence-corrected chi connectivity index (χ0v) is 11.5. The summed E-state index contributed by atoms with van der Waals surface area (Å²) in [6.45, 7) is 3.80. The van der Waals surface area contributed by atoms with Crippen LogP contribution < -0.4 is 19.7 Å². The zero-order valence-electron chi connectivity index (χ0n) is 11.5. The van der Waals surface area contributed by atoms with Gasteiger partial charge in [-0.05, 0) is 50.4 Å². The van der Waals surface area contributed by atoms with Crippen LogP contribution in [-0.4, -0.2) is 33.5 Å². The van der Waals surface area contributed by atoms with Crippen LogP contribution in [0, 0.1) is 5.92 Å². The maximum absolute atomic E-state index is 5.43. The van der Waals surface area contributed by atoms with Crippen molar-refractivity contribution in [3.05, 3.63) is 18.2 Å². The minimum Gasteiger partial charge on any atom is -0.454 e. The van der Waals surface area contributed by atoms with E-state index in [1.807, 2.05) is 6.07 Å². The number of anilines is 1. The fraction of sp³-hybridized carbons (Fsp3) is 0.600. The summed E-state index contributed by atoms with van der Waals surface area (Å²) >= 11 is 0. The molecule has 1 aromatic rings. The molecule has 0 spiro atoms. The van der Waals surface area contributed by atoms with E-state index in [1.54, 1.807) is 0 Å². The van der Waals surface area contributed by atoms with E-state index >= 15 is 0 Å². The Kier molecular flexibility index (Phi) is 3.78. The first kappa shape index (κ1) is 12.6. The predicted molar refractivity (Wildman–Crippen MR) is 76.0 cm³/mol. The first-order valence-corrected chi connectivity index (χ1v) is 7.14. The van der Waals surface area contributed by atoms with E-state index in [2.05, 4.69) is 29.4 Å². The van der Waals surface area contributed by atoms with Crippen LogP contribution >= 0.6 is 0 Å². The van der Waals surface area contributed by atoms with E-state index in [0.717, 1.165) is 24.0 Å². The summed E-state index contributed by atoms with van der Waals surface area (Å²) in [5, 5.41) is 3.42. The second-order valence-corrected chi connectivity index (χ2v) is 5.44. The van der Waals surface area contributed by atoms with Gasteiger partial charge in [0.05, 0.1) is 0 Å². The van der Waals surface area contributed by atoms with Crippen LogP contribution in [0.15, 0.2) is 18.2 Å². The largest absolute Gasteiger partial charge is 0.454 e. The van der Waals surface area contributed by atoms with E-state index in [4.69, 9.17) is 9.47 Å². The number of nitrogens with one attached hydrogen (secondary N) is 1. The minimum atomic E-state index is 0.345. The number of ether oxygens (including phenoxy) is 2. The average molecular weight is 262 g/mol. The molecule has 1 N–H and O–H groups in total. The predicted octanol–water partition coefficient (Wildman–Crippen LogP) is 2.24. The van der Waals surface area contributed by atoms with Crippen LogP contribution in [-0.2, 0) is 0 Å². The Balaban J connectivity index is 1.56. The van der Waals surface area contributed by atoms with Gasteiger partial charge in [-0.15, -0.1) is 0 Å². The number of benzene rings is 1. The molecule has 2 aliphatic heterocycles. The molecule has 3 rings (SSSR count). The molecule has 1 fully saturated rings. The summed E-state index contributed by atoms with van der Waals surface area (Å²) in [5.74, 6) is 2.60. The van der Waals surface area contributed by atoms with Gasteiger partial charge in [0.1, 0.15) is 0 Å². The van der Waals surface area contributed by atoms with Crippen molar-refractivity contribution in [3.63, 3.8) is 0 Å². The van der Waals surface area contributed by atoms with E-state index in [1.165, 1.54) is 38.0 Å². The van der Waals surface area contributed by atoms with Crippen molar-refractivity contribution in [2.45, 2.75) is 19.3 Å². The van der Waals surface area contributed by atoms with Gasteiger partial charge in [0.15, 0.2) is 11.5 Å². The van der Waals surface area contributed by atoms with Crippen LogP contribution in [0.5, 0.6) is 11.5 Å². The fourth-order valence-electron chi connectivity index (χ4n) is 2.80. The summed E-state index contributed by atoms with van der Waals surface area (Å²) in [4.78, 5) is 2.31. The first-order chi connectivity index (χ1) is 9.33. The van der Waals surface area contributed by atoms with Gasteiger partial charge in [-0.1, -0.05) is 0 Å². The lowest BCUT2D eigenvalue weighted by Crippen LogP contribution is -2.30. The second-order valence-electron chi connectivity index (χ2n) is 5.44. The molecule has 0 saturated carbocycles.